The summed E-state index contributed by atoms with van der Waals surface area (Å²) in [6.45, 7) is 6.00. The number of rotatable bonds is 7. The van der Waals surface area contributed by atoms with Gasteiger partial charge in [0.25, 0.3) is 0 Å². The molecular formula is C12H23NO4V. The minimum absolute atomic E-state index is 0. The van der Waals surface area contributed by atoms with Crippen LogP contribution in [0.2, 0.25) is 0 Å². The van der Waals surface area contributed by atoms with Crippen LogP contribution in [0.1, 0.15) is 12.8 Å². The fourth-order valence-electron chi connectivity index (χ4n) is 1.88. The van der Waals surface area contributed by atoms with Gasteiger partial charge < -0.3 is 28.9 Å². The Bertz CT molecular complexity index is 228. The first-order valence-electron chi connectivity index (χ1n) is 5.56. The molecule has 1 N–H and O–H groups in total. The minimum Gasteiger partial charge on any atom is -0.480 e. The average Bonchev–Trinajstić information content (AvgIpc) is 2.59. The van der Waals surface area contributed by atoms with Crippen LogP contribution in [0, 0.1) is 14.4 Å². The molecule has 0 amide bonds. The predicted molar refractivity (Wildman–Crippen MR) is 65.6 cm³/mol. The molecule has 0 aliphatic carbocycles. The Balaban J connectivity index is 0. The van der Waals surface area contributed by atoms with Gasteiger partial charge in [0.1, 0.15) is 6.04 Å². The molecule has 0 spiro atoms. The van der Waals surface area contributed by atoms with Crippen LogP contribution in [-0.2, 0) is 32.8 Å². The van der Waals surface area contributed by atoms with E-state index in [1.165, 1.54) is 0 Å². The molecule has 5 nitrogen and oxygen atoms in total. The zero-order valence-electron chi connectivity index (χ0n) is 11.2. The average molecular weight is 296 g/mol. The Kier molecular flexibility index (Phi) is 12.2. The molecule has 0 bridgehead atoms. The van der Waals surface area contributed by atoms with Gasteiger partial charge >= 0.3 is 24.5 Å². The molecule has 18 heavy (non-hydrogen) atoms. The molecule has 0 aromatic rings. The second-order valence-electron chi connectivity index (χ2n) is 3.99. The van der Waals surface area contributed by atoms with E-state index in [0.29, 0.717) is 32.8 Å². The predicted octanol–water partition coefficient (Wildman–Crippen LogP) is 0.849. The van der Waals surface area contributed by atoms with Gasteiger partial charge in [-0.2, -0.15) is 0 Å². The van der Waals surface area contributed by atoms with E-state index in [9.17, 15) is 4.79 Å². The van der Waals surface area contributed by atoms with Gasteiger partial charge in [-0.15, -0.1) is 0 Å². The van der Waals surface area contributed by atoms with Crippen LogP contribution in [0.3, 0.4) is 0 Å². The summed E-state index contributed by atoms with van der Waals surface area (Å²) in [6, 6.07) is -0.402. The van der Waals surface area contributed by atoms with Crippen molar-refractivity contribution >= 4 is 5.97 Å². The van der Waals surface area contributed by atoms with E-state index >= 15 is 0 Å². The van der Waals surface area contributed by atoms with Crippen LogP contribution in [0.25, 0.3) is 0 Å². The van der Waals surface area contributed by atoms with Gasteiger partial charge in [0.15, 0.2) is 0 Å². The number of aliphatic carboxylic acids is 1. The molecule has 1 fully saturated rings. The molecule has 1 heterocycles. The molecule has 1 radical (unpaired) electrons. The van der Waals surface area contributed by atoms with Gasteiger partial charge in [0.2, 0.25) is 0 Å². The molecule has 0 aromatic heterocycles. The van der Waals surface area contributed by atoms with Crippen LogP contribution in [0.15, 0.2) is 0 Å². The van der Waals surface area contributed by atoms with Crippen LogP contribution >= 0.6 is 0 Å². The van der Waals surface area contributed by atoms with E-state index in [2.05, 4.69) is 6.92 Å². The van der Waals surface area contributed by atoms with Gasteiger partial charge in [0, 0.05) is 26.2 Å². The molecule has 1 aliphatic rings. The van der Waals surface area contributed by atoms with Crippen LogP contribution < -0.4 is 0 Å². The SMILES string of the molecule is [CH2-]COCCCO[C@@H]1C[C@@H](C(=O)O)N(C)C1.[CH3-].[V+2]. The van der Waals surface area contributed by atoms with E-state index in [1.54, 1.807) is 0 Å². The number of hydrogen-bond donors (Lipinski definition) is 1. The van der Waals surface area contributed by atoms with Crippen molar-refractivity contribution in [1.82, 2.24) is 4.90 Å². The third kappa shape index (κ3) is 6.76. The van der Waals surface area contributed by atoms with Crippen molar-refractivity contribution < 1.29 is 37.9 Å². The van der Waals surface area contributed by atoms with Crippen LogP contribution in [0.4, 0.5) is 0 Å². The molecule has 105 valence electrons. The van der Waals surface area contributed by atoms with Crippen molar-refractivity contribution in [1.29, 1.82) is 0 Å². The van der Waals surface area contributed by atoms with Crippen molar-refractivity contribution in [2.24, 2.45) is 0 Å². The first-order chi connectivity index (χ1) is 7.65. The largest absolute Gasteiger partial charge is 2.00 e. The molecule has 1 aliphatic heterocycles. The molecule has 6 heteroatoms. The molecular weight excluding hydrogens is 273 g/mol. The maximum absolute atomic E-state index is 10.8. The number of carboxylic acid groups (broad SMARTS) is 1. The first-order valence-corrected chi connectivity index (χ1v) is 5.56. The fourth-order valence-corrected chi connectivity index (χ4v) is 1.88. The Labute approximate surface area is 122 Å². The summed E-state index contributed by atoms with van der Waals surface area (Å²) >= 11 is 0. The summed E-state index contributed by atoms with van der Waals surface area (Å²) in [6.07, 6.45) is 1.43. The molecule has 0 aromatic carbocycles. The summed E-state index contributed by atoms with van der Waals surface area (Å²) in [5.74, 6) is -0.769. The number of hydrogen-bond acceptors (Lipinski definition) is 4. The fraction of sp³-hybridized carbons (Fsp3) is 0.750. The second-order valence-corrected chi connectivity index (χ2v) is 3.99. The Morgan fingerprint density at radius 2 is 2.17 bits per heavy atom. The molecule has 1 saturated heterocycles. The Hall–Kier alpha value is -0.0656. The Morgan fingerprint density at radius 1 is 1.50 bits per heavy atom. The number of carbonyl (C=O) groups is 1. The van der Waals surface area contributed by atoms with Crippen molar-refractivity contribution in [2.75, 3.05) is 33.4 Å². The van der Waals surface area contributed by atoms with Crippen LogP contribution in [0.5, 0.6) is 0 Å². The smallest absolute Gasteiger partial charge is 0.480 e. The van der Waals surface area contributed by atoms with Gasteiger partial charge in [-0.25, -0.2) is 0 Å². The summed E-state index contributed by atoms with van der Waals surface area (Å²) in [4.78, 5) is 12.7. The summed E-state index contributed by atoms with van der Waals surface area (Å²) < 4.78 is 10.7. The number of likely N-dealkylation sites (N-methyl/N-ethyl adjacent to an activating group) is 1. The number of ether oxygens (including phenoxy) is 2. The van der Waals surface area contributed by atoms with Gasteiger partial charge in [-0.3, -0.25) is 9.69 Å². The van der Waals surface area contributed by atoms with E-state index in [0.717, 1.165) is 6.42 Å². The Morgan fingerprint density at radius 3 is 2.67 bits per heavy atom. The van der Waals surface area contributed by atoms with Crippen molar-refractivity contribution in [2.45, 2.75) is 25.0 Å². The quantitative estimate of drug-likeness (QED) is 0.557. The van der Waals surface area contributed by atoms with E-state index < -0.39 is 12.0 Å². The standard InChI is InChI=1S/C11H20NO4.CH3.V/c1-3-15-5-4-6-16-9-7-10(11(13)14)12(2)8-9;;/h9-10H,1,3-8H2,2H3,(H,13,14);1H3;/q2*-1;+2/t9-,10+;;/m1../s1. The maximum atomic E-state index is 10.8. The monoisotopic (exact) mass is 296 g/mol. The topological polar surface area (TPSA) is 59.0 Å². The molecule has 1 rings (SSSR count). The van der Waals surface area contributed by atoms with Gasteiger partial charge in [-0.1, -0.05) is 6.61 Å². The number of carboxylic acids is 1. The molecule has 0 saturated carbocycles. The minimum atomic E-state index is -0.769. The van der Waals surface area contributed by atoms with Crippen molar-refractivity contribution in [3.8, 4) is 0 Å². The molecule has 2 atom stereocenters. The third-order valence-corrected chi connectivity index (χ3v) is 2.73. The second kappa shape index (κ2) is 10.8. The van der Waals surface area contributed by atoms with Crippen LogP contribution in [-0.4, -0.2) is 61.5 Å². The maximum Gasteiger partial charge on any atom is 2.00 e. The van der Waals surface area contributed by atoms with Crippen molar-refractivity contribution in [3.05, 3.63) is 14.4 Å². The third-order valence-electron chi connectivity index (χ3n) is 2.73. The number of nitrogens with zero attached hydrogens (tertiary/aromatic N) is 1. The van der Waals surface area contributed by atoms with Crippen molar-refractivity contribution in [3.63, 3.8) is 0 Å². The van der Waals surface area contributed by atoms with E-state index in [-0.39, 0.29) is 32.1 Å². The van der Waals surface area contributed by atoms with Gasteiger partial charge in [-0.05, 0) is 13.5 Å². The zero-order valence-corrected chi connectivity index (χ0v) is 12.6. The van der Waals surface area contributed by atoms with E-state index in [1.807, 2.05) is 11.9 Å². The zero-order chi connectivity index (χ0) is 12.0. The first kappa shape index (κ1) is 20.3. The summed E-state index contributed by atoms with van der Waals surface area (Å²) in [5, 5.41) is 8.92. The van der Waals surface area contributed by atoms with Gasteiger partial charge in [0.05, 0.1) is 6.10 Å². The summed E-state index contributed by atoms with van der Waals surface area (Å²) in [7, 11) is 1.81. The number of likely N-dealkylation sites (tertiary alicyclic amines) is 1. The van der Waals surface area contributed by atoms with E-state index in [4.69, 9.17) is 14.6 Å². The summed E-state index contributed by atoms with van der Waals surface area (Å²) in [5.41, 5.74) is 0. The normalized spacial score (nSPS) is 23.2. The molecule has 0 unspecified atom stereocenters.